The number of rotatable bonds is 8. The van der Waals surface area contributed by atoms with E-state index in [9.17, 15) is 9.59 Å². The van der Waals surface area contributed by atoms with E-state index in [0.717, 1.165) is 12.0 Å². The second-order valence-corrected chi connectivity index (χ2v) is 10.1. The summed E-state index contributed by atoms with van der Waals surface area (Å²) in [5.41, 5.74) is 5.29. The van der Waals surface area contributed by atoms with Crippen molar-refractivity contribution >= 4 is 31.6 Å². The molecule has 0 fully saturated rings. The molecule has 0 aliphatic carbocycles. The van der Waals surface area contributed by atoms with E-state index in [2.05, 4.69) is 37.4 Å². The molecule has 2 unspecified atom stereocenters. The number of halogens is 1. The van der Waals surface area contributed by atoms with Gasteiger partial charge in [0.05, 0.1) is 17.5 Å². The lowest BCUT2D eigenvalue weighted by Crippen LogP contribution is -2.25. The van der Waals surface area contributed by atoms with E-state index in [4.69, 9.17) is 21.1 Å². The van der Waals surface area contributed by atoms with Gasteiger partial charge in [0.15, 0.2) is 5.52 Å². The summed E-state index contributed by atoms with van der Waals surface area (Å²) in [6.07, 6.45) is 1.44. The van der Waals surface area contributed by atoms with E-state index in [1.807, 2.05) is 6.66 Å². The summed E-state index contributed by atoms with van der Waals surface area (Å²) >= 11 is 6.48. The van der Waals surface area contributed by atoms with Crippen LogP contribution in [0, 0.1) is 13.8 Å². The fourth-order valence-corrected chi connectivity index (χ4v) is 5.11. The Morgan fingerprint density at radius 1 is 1.11 bits per heavy atom. The van der Waals surface area contributed by atoms with E-state index in [1.54, 1.807) is 36.4 Å². The highest BCUT2D eigenvalue weighted by Crippen LogP contribution is 2.43. The van der Waals surface area contributed by atoms with Crippen molar-refractivity contribution in [1.29, 1.82) is 0 Å². The summed E-state index contributed by atoms with van der Waals surface area (Å²) in [6, 6.07) is 16.8. The zero-order valence-electron chi connectivity index (χ0n) is 20.1. The number of hydrogen-bond acceptors (Lipinski definition) is 4. The molecule has 2 atom stereocenters. The van der Waals surface area contributed by atoms with E-state index >= 15 is 0 Å². The Balaban J connectivity index is 1.38. The molecule has 3 aromatic rings. The lowest BCUT2D eigenvalue weighted by molar-refractivity contribution is -0.113. The molecule has 1 N–H and O–H groups in total. The monoisotopic (exact) mass is 509 g/mol. The number of carbonyl (C=O) groups excluding carboxylic acids is 2. The number of nitrogens with one attached hydrogen (secondary N) is 1. The van der Waals surface area contributed by atoms with Gasteiger partial charge in [-0.25, -0.2) is 0 Å². The molecule has 5 nitrogen and oxygen atoms in total. The molecule has 0 radical (unpaired) electrons. The predicted octanol–water partition coefficient (Wildman–Crippen LogP) is 6.42. The topological polar surface area (TPSA) is 64.6 Å². The molecule has 3 aromatic carbocycles. The number of carbonyl (C=O) groups is 2. The first-order chi connectivity index (χ1) is 16.9. The summed E-state index contributed by atoms with van der Waals surface area (Å²) in [5, 5.41) is 3.39. The van der Waals surface area contributed by atoms with Crippen LogP contribution in [-0.4, -0.2) is 31.2 Å². The van der Waals surface area contributed by atoms with Crippen LogP contribution in [0.4, 0.5) is 0 Å². The maximum absolute atomic E-state index is 12.6. The van der Waals surface area contributed by atoms with Crippen LogP contribution < -0.4 is 14.8 Å². The Morgan fingerprint density at radius 3 is 2.60 bits per heavy atom. The van der Waals surface area contributed by atoms with Crippen molar-refractivity contribution in [1.82, 2.24) is 5.32 Å². The fraction of sp³-hybridized carbons (Fsp3) is 0.286. The first kappa shape index (κ1) is 25.2. The first-order valence-corrected chi connectivity index (χ1v) is 13.5. The highest BCUT2D eigenvalue weighted by molar-refractivity contribution is 7.57. The van der Waals surface area contributed by atoms with Crippen LogP contribution in [0.1, 0.15) is 45.0 Å². The minimum atomic E-state index is -0.179. The minimum Gasteiger partial charge on any atom is -0.493 e. The lowest BCUT2D eigenvalue weighted by atomic mass is 9.94. The van der Waals surface area contributed by atoms with Crippen LogP contribution in [0.15, 0.2) is 54.6 Å². The normalized spacial score (nSPS) is 14.9. The molecule has 0 bridgehead atoms. The Morgan fingerprint density at radius 2 is 1.89 bits per heavy atom. The maximum atomic E-state index is 12.6. The average molecular weight is 510 g/mol. The molecule has 1 amide bonds. The van der Waals surface area contributed by atoms with Crippen molar-refractivity contribution in [2.45, 2.75) is 32.6 Å². The number of ether oxygens (including phenoxy) is 2. The Bertz CT molecular complexity index is 1240. The summed E-state index contributed by atoms with van der Waals surface area (Å²) in [4.78, 5) is 24.9. The maximum Gasteiger partial charge on any atom is 0.251 e. The van der Waals surface area contributed by atoms with Crippen LogP contribution in [0.25, 0.3) is 0 Å². The second-order valence-electron chi connectivity index (χ2n) is 8.69. The second kappa shape index (κ2) is 11.2. The molecule has 1 aliphatic heterocycles. The Kier molecular flexibility index (Phi) is 8.10. The minimum absolute atomic E-state index is 0.131. The van der Waals surface area contributed by atoms with Crippen LogP contribution in [-0.2, 0) is 11.2 Å². The zero-order chi connectivity index (χ0) is 24.9. The molecule has 0 saturated heterocycles. The van der Waals surface area contributed by atoms with Crippen molar-refractivity contribution in [2.75, 3.05) is 19.8 Å². The summed E-state index contributed by atoms with van der Waals surface area (Å²) in [7, 11) is 0.232. The average Bonchev–Trinajstić information content (AvgIpc) is 2.85. The Labute approximate surface area is 213 Å². The van der Waals surface area contributed by atoms with E-state index < -0.39 is 0 Å². The van der Waals surface area contributed by atoms with Crippen LogP contribution >= 0.6 is 20.2 Å². The van der Waals surface area contributed by atoms with Gasteiger partial charge in [0, 0.05) is 23.7 Å². The third kappa shape index (κ3) is 6.04. The first-order valence-electron chi connectivity index (χ1n) is 11.7. The van der Waals surface area contributed by atoms with Crippen LogP contribution in [0.2, 0.25) is 5.02 Å². The van der Waals surface area contributed by atoms with Crippen LogP contribution in [0.5, 0.6) is 17.2 Å². The number of amides is 1. The predicted molar refractivity (Wildman–Crippen MR) is 142 cm³/mol. The molecule has 0 aromatic heterocycles. The molecule has 7 heteroatoms. The zero-order valence-corrected chi connectivity index (χ0v) is 21.9. The van der Waals surface area contributed by atoms with E-state index in [1.165, 1.54) is 16.7 Å². The van der Waals surface area contributed by atoms with E-state index in [0.29, 0.717) is 47.4 Å². The molecular weight excluding hydrogens is 481 g/mol. The van der Waals surface area contributed by atoms with Crippen molar-refractivity contribution in [3.05, 3.63) is 87.4 Å². The van der Waals surface area contributed by atoms with Gasteiger partial charge in [-0.1, -0.05) is 43.9 Å². The van der Waals surface area contributed by atoms with Gasteiger partial charge in [-0.2, -0.15) is 0 Å². The lowest BCUT2D eigenvalue weighted by Gasteiger charge is -2.25. The smallest absolute Gasteiger partial charge is 0.251 e. The molecule has 182 valence electrons. The van der Waals surface area contributed by atoms with E-state index in [-0.39, 0.29) is 25.9 Å². The Hall–Kier alpha value is -2.88. The van der Waals surface area contributed by atoms with Crippen molar-refractivity contribution in [3.63, 3.8) is 0 Å². The van der Waals surface area contributed by atoms with Gasteiger partial charge in [0.25, 0.3) is 5.91 Å². The third-order valence-electron chi connectivity index (χ3n) is 6.19. The highest BCUT2D eigenvalue weighted by Gasteiger charge is 2.28. The van der Waals surface area contributed by atoms with Gasteiger partial charge >= 0.3 is 0 Å². The summed E-state index contributed by atoms with van der Waals surface area (Å²) < 4.78 is 11.7. The van der Waals surface area contributed by atoms with Crippen molar-refractivity contribution < 1.29 is 19.1 Å². The molecule has 1 aliphatic rings. The standard InChI is InChI=1S/C28H29ClNO4P/c1-17-4-5-19(18(2)14-17)10-12-30-27(31)20-6-8-21(9-7-20)34-26-16-25-23(15-24(26)29)22(11-13-33-25)28(32)35-3/h4-9,14-16,22,35H,10-13H2,1-3H3,(H,30,31). The SMILES string of the molecule is CPC(=O)C1CCOc2cc(Oc3ccc(C(=O)NCCc4ccc(C)cc4C)cc3)c(Cl)cc21. The van der Waals surface area contributed by atoms with Gasteiger partial charge < -0.3 is 14.8 Å². The molecule has 35 heavy (non-hydrogen) atoms. The van der Waals surface area contributed by atoms with Crippen LogP contribution in [0.3, 0.4) is 0 Å². The van der Waals surface area contributed by atoms with Crippen molar-refractivity contribution in [3.8, 4) is 17.2 Å². The van der Waals surface area contributed by atoms with Gasteiger partial charge in [0.2, 0.25) is 0 Å². The molecule has 0 spiro atoms. The van der Waals surface area contributed by atoms with Gasteiger partial charge in [-0.05, 0) is 74.8 Å². The molecule has 1 heterocycles. The highest BCUT2D eigenvalue weighted by atomic mass is 35.5. The number of benzene rings is 3. The molecular formula is C28H29ClNO4P. The quantitative estimate of drug-likeness (QED) is 0.356. The van der Waals surface area contributed by atoms with Gasteiger partial charge in [-0.15, -0.1) is 0 Å². The van der Waals surface area contributed by atoms with Gasteiger partial charge in [0.1, 0.15) is 17.2 Å². The molecule has 4 rings (SSSR count). The number of aryl methyl sites for hydroxylation is 2. The van der Waals surface area contributed by atoms with Crippen molar-refractivity contribution in [2.24, 2.45) is 0 Å². The largest absolute Gasteiger partial charge is 0.493 e. The summed E-state index contributed by atoms with van der Waals surface area (Å²) in [5.74, 6) is 1.32. The third-order valence-corrected chi connectivity index (χ3v) is 7.33. The number of fused-ring (bicyclic) bond motifs is 1. The van der Waals surface area contributed by atoms with Gasteiger partial charge in [-0.3, -0.25) is 9.59 Å². The summed E-state index contributed by atoms with van der Waals surface area (Å²) in [6.45, 7) is 7.11. The fourth-order valence-electron chi connectivity index (χ4n) is 4.25. The molecule has 0 saturated carbocycles. The number of hydrogen-bond donors (Lipinski definition) is 1.